The molecule has 0 aliphatic rings. The minimum absolute atomic E-state index is 0.253. The number of nitrogens with zero attached hydrogens (tertiary/aromatic N) is 1. The molecule has 0 fully saturated rings. The second kappa shape index (κ2) is 29.1. The number of phosphoric ester groups is 1. The number of rotatable bonds is 27. The van der Waals surface area contributed by atoms with Crippen molar-refractivity contribution in [2.24, 2.45) is 0 Å². The Morgan fingerprint density at radius 2 is 0.757 bits per heavy atom. The van der Waals surface area contributed by atoms with Crippen molar-refractivity contribution >= 4 is 7.82 Å². The van der Waals surface area contributed by atoms with Gasteiger partial charge < -0.3 is 18.4 Å². The van der Waals surface area contributed by atoms with E-state index < -0.39 is 7.82 Å². The molecule has 37 heavy (non-hydrogen) atoms. The van der Waals surface area contributed by atoms with Crippen LogP contribution in [0.2, 0.25) is 0 Å². The molecule has 0 atom stereocenters. The Hall–Kier alpha value is 0.0700. The van der Waals surface area contributed by atoms with E-state index in [0.717, 1.165) is 43.0 Å². The van der Waals surface area contributed by atoms with Crippen molar-refractivity contribution in [1.29, 1.82) is 0 Å². The van der Waals surface area contributed by atoms with E-state index in [2.05, 4.69) is 41.9 Å². The lowest BCUT2D eigenvalue weighted by Crippen LogP contribution is -2.35. The van der Waals surface area contributed by atoms with E-state index in [1.165, 1.54) is 109 Å². The fraction of sp³-hybridized carbons (Fsp3) is 1.00. The number of unbranched alkanes of at least 4 members (excludes halogenated alkanes) is 19. The van der Waals surface area contributed by atoms with Gasteiger partial charge in [-0.15, -0.1) is 0 Å². The van der Waals surface area contributed by atoms with Gasteiger partial charge in [-0.2, -0.15) is 0 Å². The van der Waals surface area contributed by atoms with Crippen molar-refractivity contribution < 1.29 is 23.0 Å². The van der Waals surface area contributed by atoms with Crippen LogP contribution >= 0.6 is 7.82 Å². The maximum Gasteiger partial charge on any atom is 0.267 e. The molecular weight excluding hydrogens is 481 g/mol. The van der Waals surface area contributed by atoms with Gasteiger partial charge in [0.15, 0.2) is 0 Å². The quantitative estimate of drug-likeness (QED) is 0.0581. The zero-order valence-corrected chi connectivity index (χ0v) is 27.1. The minimum Gasteiger partial charge on any atom is -0.756 e. The van der Waals surface area contributed by atoms with E-state index in [9.17, 15) is 9.46 Å². The van der Waals surface area contributed by atoms with Gasteiger partial charge >= 0.3 is 0 Å². The SMILES string of the molecule is CCCCCCCCCCCC[N+](C)(C)C.CCCCCCCCOP(=O)([O-])OCCCCCCCC. The van der Waals surface area contributed by atoms with Gasteiger partial charge in [0.1, 0.15) is 0 Å². The summed E-state index contributed by atoms with van der Waals surface area (Å²) in [5, 5.41) is 0. The molecule has 0 aromatic carbocycles. The lowest BCUT2D eigenvalue weighted by atomic mass is 10.1. The first-order valence-corrected chi connectivity index (χ1v) is 17.5. The topological polar surface area (TPSA) is 58.6 Å². The van der Waals surface area contributed by atoms with E-state index in [0.29, 0.717) is 0 Å². The highest BCUT2D eigenvalue weighted by atomic mass is 31.2. The third-order valence-electron chi connectivity index (χ3n) is 6.68. The number of phosphoric acid groups is 1. The highest BCUT2D eigenvalue weighted by Gasteiger charge is 2.08. The molecule has 0 bridgehead atoms. The number of quaternary nitrogens is 1. The van der Waals surface area contributed by atoms with Gasteiger partial charge in [-0.05, 0) is 25.7 Å². The van der Waals surface area contributed by atoms with Crippen LogP contribution in [-0.4, -0.2) is 45.4 Å². The first kappa shape index (κ1) is 39.2. The molecule has 226 valence electrons. The summed E-state index contributed by atoms with van der Waals surface area (Å²) in [6, 6.07) is 0. The summed E-state index contributed by atoms with van der Waals surface area (Å²) in [7, 11) is 2.79. The molecule has 0 saturated heterocycles. The average Bonchev–Trinajstić information content (AvgIpc) is 2.84. The maximum absolute atomic E-state index is 11.5. The summed E-state index contributed by atoms with van der Waals surface area (Å²) in [6.45, 7) is 8.48. The molecule has 0 aromatic rings. The summed E-state index contributed by atoms with van der Waals surface area (Å²) in [5.74, 6) is 0. The Morgan fingerprint density at radius 1 is 0.486 bits per heavy atom. The first-order valence-electron chi connectivity index (χ1n) is 16.1. The molecule has 0 rings (SSSR count). The van der Waals surface area contributed by atoms with E-state index in [4.69, 9.17) is 9.05 Å². The third-order valence-corrected chi connectivity index (χ3v) is 7.67. The molecule has 0 aromatic heterocycles. The molecule has 0 radical (unpaired) electrons. The smallest absolute Gasteiger partial charge is 0.267 e. The van der Waals surface area contributed by atoms with E-state index in [1.807, 2.05) is 0 Å². The van der Waals surface area contributed by atoms with Crippen LogP contribution in [0.4, 0.5) is 0 Å². The summed E-state index contributed by atoms with van der Waals surface area (Å²) in [4.78, 5) is 11.5. The van der Waals surface area contributed by atoms with Gasteiger partial charge in [0.05, 0.1) is 40.9 Å². The van der Waals surface area contributed by atoms with Gasteiger partial charge in [0, 0.05) is 0 Å². The van der Waals surface area contributed by atoms with Crippen LogP contribution < -0.4 is 4.89 Å². The summed E-state index contributed by atoms with van der Waals surface area (Å²) in [6.07, 6.45) is 27.7. The summed E-state index contributed by atoms with van der Waals surface area (Å²) < 4.78 is 22.3. The van der Waals surface area contributed by atoms with Crippen molar-refractivity contribution in [1.82, 2.24) is 0 Å². The minimum atomic E-state index is -4.07. The molecule has 6 heteroatoms. The van der Waals surface area contributed by atoms with Crippen molar-refractivity contribution in [3.8, 4) is 0 Å². The van der Waals surface area contributed by atoms with Crippen LogP contribution in [0.3, 0.4) is 0 Å². The molecule has 0 N–H and O–H groups in total. The molecule has 0 aliphatic heterocycles. The fourth-order valence-electron chi connectivity index (χ4n) is 4.23. The Kier molecular flexibility index (Phi) is 30.8. The molecule has 0 amide bonds. The Labute approximate surface area is 233 Å². The summed E-state index contributed by atoms with van der Waals surface area (Å²) >= 11 is 0. The van der Waals surface area contributed by atoms with Gasteiger partial charge in [0.2, 0.25) is 0 Å². The average molecular weight is 550 g/mol. The predicted octanol–water partition coefficient (Wildman–Crippen LogP) is 9.82. The second-order valence-electron chi connectivity index (χ2n) is 11.8. The molecule has 5 nitrogen and oxygen atoms in total. The second-order valence-corrected chi connectivity index (χ2v) is 13.3. The number of hydrogen-bond acceptors (Lipinski definition) is 4. The van der Waals surface area contributed by atoms with Crippen molar-refractivity contribution in [2.75, 3.05) is 40.9 Å². The van der Waals surface area contributed by atoms with Crippen molar-refractivity contribution in [2.45, 2.75) is 162 Å². The van der Waals surface area contributed by atoms with Crippen molar-refractivity contribution in [3.63, 3.8) is 0 Å². The summed E-state index contributed by atoms with van der Waals surface area (Å²) in [5.41, 5.74) is 0. The van der Waals surface area contributed by atoms with Gasteiger partial charge in [-0.25, -0.2) is 0 Å². The van der Waals surface area contributed by atoms with Crippen molar-refractivity contribution in [3.05, 3.63) is 0 Å². The van der Waals surface area contributed by atoms with Crippen LogP contribution in [0.1, 0.15) is 162 Å². The predicted molar refractivity (Wildman–Crippen MR) is 161 cm³/mol. The van der Waals surface area contributed by atoms with E-state index >= 15 is 0 Å². The Bertz CT molecular complexity index is 460. The number of hydrogen-bond donors (Lipinski definition) is 0. The monoisotopic (exact) mass is 549 g/mol. The lowest BCUT2D eigenvalue weighted by molar-refractivity contribution is -0.870. The molecular formula is C31H68NO4P. The molecule has 0 spiro atoms. The molecule has 0 unspecified atom stereocenters. The Balaban J connectivity index is 0. The fourth-order valence-corrected chi connectivity index (χ4v) is 5.01. The third kappa shape index (κ3) is 38.3. The molecule has 0 heterocycles. The van der Waals surface area contributed by atoms with E-state index in [1.54, 1.807) is 0 Å². The maximum atomic E-state index is 11.5. The van der Waals surface area contributed by atoms with Gasteiger partial charge in [0.25, 0.3) is 7.82 Å². The van der Waals surface area contributed by atoms with Gasteiger partial charge in [-0.1, -0.05) is 136 Å². The normalized spacial score (nSPS) is 12.0. The zero-order chi connectivity index (χ0) is 28.1. The lowest BCUT2D eigenvalue weighted by Gasteiger charge is -2.23. The largest absolute Gasteiger partial charge is 0.756 e. The highest BCUT2D eigenvalue weighted by molar-refractivity contribution is 7.45. The van der Waals surface area contributed by atoms with Crippen LogP contribution in [0.5, 0.6) is 0 Å². The molecule has 0 aliphatic carbocycles. The van der Waals surface area contributed by atoms with Crippen LogP contribution in [0.25, 0.3) is 0 Å². The molecule has 0 saturated carbocycles. The highest BCUT2D eigenvalue weighted by Crippen LogP contribution is 2.38. The van der Waals surface area contributed by atoms with Crippen LogP contribution in [0.15, 0.2) is 0 Å². The van der Waals surface area contributed by atoms with Crippen LogP contribution in [-0.2, 0) is 13.6 Å². The Morgan fingerprint density at radius 3 is 1.05 bits per heavy atom. The zero-order valence-electron chi connectivity index (χ0n) is 26.2. The first-order chi connectivity index (χ1) is 17.7. The standard InChI is InChI=1S/C16H35O4P.C15H34N/c1-3-5-7-9-11-13-15-19-21(17,18)20-16-14-12-10-8-6-4-2;1-5-6-7-8-9-10-11-12-13-14-15-16(2,3)4/h3-16H2,1-2H3,(H,17,18);5-15H2,1-4H3/q;+1/p-1. The van der Waals surface area contributed by atoms with Gasteiger partial charge in [-0.3, -0.25) is 4.57 Å². The van der Waals surface area contributed by atoms with Crippen LogP contribution in [0, 0.1) is 0 Å². The van der Waals surface area contributed by atoms with E-state index in [-0.39, 0.29) is 13.2 Å².